The molecule has 2 rings (SSSR count). The van der Waals surface area contributed by atoms with E-state index in [0.717, 1.165) is 0 Å². The first-order valence-electron chi connectivity index (χ1n) is 8.40. The predicted molar refractivity (Wildman–Crippen MR) is 104 cm³/mol. The molecule has 2 aromatic carbocycles. The Balaban J connectivity index is 1.85. The number of methoxy groups -OCH3 is 1. The van der Waals surface area contributed by atoms with Gasteiger partial charge in [0.05, 0.1) is 18.2 Å². The van der Waals surface area contributed by atoms with Crippen LogP contribution in [-0.2, 0) is 9.59 Å². The van der Waals surface area contributed by atoms with Gasteiger partial charge < -0.3 is 10.1 Å². The maximum atomic E-state index is 12.0. The number of nitro groups is 1. The summed E-state index contributed by atoms with van der Waals surface area (Å²) in [5, 5.41) is 17.4. The molecule has 0 aliphatic carbocycles. The Bertz CT molecular complexity index is 911. The van der Waals surface area contributed by atoms with E-state index in [1.807, 2.05) is 6.07 Å². The van der Waals surface area contributed by atoms with Crippen molar-refractivity contribution in [1.29, 1.82) is 0 Å². The molecule has 2 amide bonds. The SMILES string of the molecule is COc1ccccc1/C=N\NC(=O)CCC(=O)Nc1ccc(C)cc1[N+](=O)[O-]. The number of para-hydroxylation sites is 1. The molecule has 0 unspecified atom stereocenters. The fourth-order valence-electron chi connectivity index (χ4n) is 2.34. The highest BCUT2D eigenvalue weighted by Gasteiger charge is 2.16. The maximum Gasteiger partial charge on any atom is 0.293 e. The van der Waals surface area contributed by atoms with Crippen LogP contribution >= 0.6 is 0 Å². The Morgan fingerprint density at radius 1 is 1.18 bits per heavy atom. The summed E-state index contributed by atoms with van der Waals surface area (Å²) in [6.45, 7) is 1.72. The second-order valence-electron chi connectivity index (χ2n) is 5.86. The zero-order chi connectivity index (χ0) is 20.5. The van der Waals surface area contributed by atoms with Crippen LogP contribution in [0.3, 0.4) is 0 Å². The van der Waals surface area contributed by atoms with Crippen LogP contribution in [0.1, 0.15) is 24.0 Å². The number of benzene rings is 2. The third-order valence-electron chi connectivity index (χ3n) is 3.73. The normalized spacial score (nSPS) is 10.5. The molecule has 0 radical (unpaired) electrons. The van der Waals surface area contributed by atoms with Crippen LogP contribution in [0.25, 0.3) is 0 Å². The van der Waals surface area contributed by atoms with Crippen molar-refractivity contribution in [3.05, 3.63) is 63.7 Å². The number of hydrazone groups is 1. The molecular formula is C19H20N4O5. The van der Waals surface area contributed by atoms with Crippen molar-refractivity contribution in [2.24, 2.45) is 5.10 Å². The van der Waals surface area contributed by atoms with Crippen molar-refractivity contribution in [3.63, 3.8) is 0 Å². The predicted octanol–water partition coefficient (Wildman–Crippen LogP) is 2.78. The molecule has 2 aromatic rings. The van der Waals surface area contributed by atoms with Crippen LogP contribution in [0.15, 0.2) is 47.6 Å². The Morgan fingerprint density at radius 3 is 2.61 bits per heavy atom. The Hall–Kier alpha value is -3.75. The van der Waals surface area contributed by atoms with Gasteiger partial charge in [-0.3, -0.25) is 19.7 Å². The number of nitrogens with zero attached hydrogens (tertiary/aromatic N) is 2. The number of nitro benzene ring substituents is 1. The molecule has 0 spiro atoms. The van der Waals surface area contributed by atoms with Gasteiger partial charge in [-0.2, -0.15) is 5.10 Å². The quantitative estimate of drug-likeness (QED) is 0.411. The number of carbonyl (C=O) groups excluding carboxylic acids is 2. The number of hydrogen-bond donors (Lipinski definition) is 2. The highest BCUT2D eigenvalue weighted by atomic mass is 16.6. The van der Waals surface area contributed by atoms with Crippen molar-refractivity contribution in [2.45, 2.75) is 19.8 Å². The van der Waals surface area contributed by atoms with E-state index >= 15 is 0 Å². The average Bonchev–Trinajstić information content (AvgIpc) is 2.68. The number of rotatable bonds is 8. The summed E-state index contributed by atoms with van der Waals surface area (Å²) < 4.78 is 5.17. The topological polar surface area (TPSA) is 123 Å². The van der Waals surface area contributed by atoms with Crippen LogP contribution in [0, 0.1) is 17.0 Å². The second kappa shape index (κ2) is 9.81. The van der Waals surface area contributed by atoms with Crippen LogP contribution in [-0.4, -0.2) is 30.1 Å². The Labute approximate surface area is 161 Å². The number of amides is 2. The number of carbonyl (C=O) groups is 2. The minimum absolute atomic E-state index is 0.0928. The van der Waals surface area contributed by atoms with Gasteiger partial charge in [-0.25, -0.2) is 5.43 Å². The van der Waals surface area contributed by atoms with Gasteiger partial charge in [0.2, 0.25) is 11.8 Å². The molecule has 0 atom stereocenters. The lowest BCUT2D eigenvalue weighted by Gasteiger charge is -2.06. The molecule has 0 aliphatic heterocycles. The van der Waals surface area contributed by atoms with E-state index in [0.29, 0.717) is 16.9 Å². The lowest BCUT2D eigenvalue weighted by Crippen LogP contribution is -2.21. The van der Waals surface area contributed by atoms with Crippen molar-refractivity contribution >= 4 is 29.4 Å². The molecule has 0 bridgehead atoms. The van der Waals surface area contributed by atoms with Crippen LogP contribution in [0.5, 0.6) is 5.75 Å². The first-order valence-corrected chi connectivity index (χ1v) is 8.40. The standard InChI is InChI=1S/C19H20N4O5/c1-13-7-8-15(16(11-13)23(26)27)21-18(24)9-10-19(25)22-20-12-14-5-3-4-6-17(14)28-2/h3-8,11-12H,9-10H2,1-2H3,(H,21,24)(H,22,25)/b20-12-. The van der Waals surface area contributed by atoms with Crippen LogP contribution in [0.2, 0.25) is 0 Å². The zero-order valence-electron chi connectivity index (χ0n) is 15.5. The first-order chi connectivity index (χ1) is 13.4. The summed E-state index contributed by atoms with van der Waals surface area (Å²) in [6, 6.07) is 11.6. The molecular weight excluding hydrogens is 364 g/mol. The molecule has 9 nitrogen and oxygen atoms in total. The second-order valence-corrected chi connectivity index (χ2v) is 5.86. The third-order valence-corrected chi connectivity index (χ3v) is 3.73. The van der Waals surface area contributed by atoms with Gasteiger partial charge >= 0.3 is 0 Å². The summed E-state index contributed by atoms with van der Waals surface area (Å²) in [5.41, 5.74) is 3.62. The molecule has 0 aromatic heterocycles. The van der Waals surface area contributed by atoms with Gasteiger partial charge in [0.1, 0.15) is 11.4 Å². The summed E-state index contributed by atoms with van der Waals surface area (Å²) in [7, 11) is 1.53. The number of hydrogen-bond acceptors (Lipinski definition) is 6. The highest BCUT2D eigenvalue weighted by molar-refractivity contribution is 5.95. The van der Waals surface area contributed by atoms with Gasteiger partial charge in [0.15, 0.2) is 0 Å². The summed E-state index contributed by atoms with van der Waals surface area (Å²) in [5.74, 6) is -0.352. The molecule has 28 heavy (non-hydrogen) atoms. The molecule has 9 heteroatoms. The number of ether oxygens (including phenoxy) is 1. The van der Waals surface area contributed by atoms with Crippen LogP contribution in [0.4, 0.5) is 11.4 Å². The molecule has 0 aliphatic rings. The first kappa shape index (κ1) is 20.6. The Morgan fingerprint density at radius 2 is 1.89 bits per heavy atom. The van der Waals surface area contributed by atoms with Gasteiger partial charge in [-0.1, -0.05) is 18.2 Å². The fraction of sp³-hybridized carbons (Fsp3) is 0.211. The van der Waals surface area contributed by atoms with Gasteiger partial charge in [-0.05, 0) is 30.7 Å². The minimum Gasteiger partial charge on any atom is -0.496 e. The molecule has 146 valence electrons. The van der Waals surface area contributed by atoms with Crippen molar-refractivity contribution in [2.75, 3.05) is 12.4 Å². The number of aryl methyl sites for hydroxylation is 1. The van der Waals surface area contributed by atoms with Crippen molar-refractivity contribution in [3.8, 4) is 5.75 Å². The highest BCUT2D eigenvalue weighted by Crippen LogP contribution is 2.25. The molecule has 0 fully saturated rings. The van der Waals surface area contributed by atoms with Gasteiger partial charge in [0, 0.05) is 24.5 Å². The van der Waals surface area contributed by atoms with E-state index in [1.54, 1.807) is 31.2 Å². The average molecular weight is 384 g/mol. The minimum atomic E-state index is -0.568. The van der Waals surface area contributed by atoms with E-state index in [4.69, 9.17) is 4.74 Å². The summed E-state index contributed by atoms with van der Waals surface area (Å²) in [6.07, 6.45) is 1.18. The number of anilines is 1. The zero-order valence-corrected chi connectivity index (χ0v) is 15.5. The molecule has 0 saturated carbocycles. The summed E-state index contributed by atoms with van der Waals surface area (Å²) in [4.78, 5) is 34.3. The van der Waals surface area contributed by atoms with E-state index in [2.05, 4.69) is 15.8 Å². The monoisotopic (exact) mass is 384 g/mol. The lowest BCUT2D eigenvalue weighted by atomic mass is 10.2. The molecule has 0 heterocycles. The third kappa shape index (κ3) is 5.90. The summed E-state index contributed by atoms with van der Waals surface area (Å²) >= 11 is 0. The number of nitrogens with one attached hydrogen (secondary N) is 2. The lowest BCUT2D eigenvalue weighted by molar-refractivity contribution is -0.384. The van der Waals surface area contributed by atoms with E-state index in [1.165, 1.54) is 25.5 Å². The van der Waals surface area contributed by atoms with E-state index in [9.17, 15) is 19.7 Å². The molecule has 0 saturated heterocycles. The van der Waals surface area contributed by atoms with Crippen LogP contribution < -0.4 is 15.5 Å². The van der Waals surface area contributed by atoms with E-state index in [-0.39, 0.29) is 24.2 Å². The van der Waals surface area contributed by atoms with Gasteiger partial charge in [0.25, 0.3) is 5.69 Å². The fourth-order valence-corrected chi connectivity index (χ4v) is 2.34. The largest absolute Gasteiger partial charge is 0.496 e. The molecule has 2 N–H and O–H groups in total. The van der Waals surface area contributed by atoms with Crippen molar-refractivity contribution < 1.29 is 19.2 Å². The van der Waals surface area contributed by atoms with Crippen molar-refractivity contribution in [1.82, 2.24) is 5.43 Å². The van der Waals surface area contributed by atoms with Gasteiger partial charge in [-0.15, -0.1) is 0 Å². The van der Waals surface area contributed by atoms with E-state index < -0.39 is 16.7 Å². The Kier molecular flexibility index (Phi) is 7.21. The maximum absolute atomic E-state index is 12.0. The smallest absolute Gasteiger partial charge is 0.293 e.